The Hall–Kier alpha value is -1.75. The average molecular weight is 262 g/mol. The highest BCUT2D eigenvalue weighted by molar-refractivity contribution is 6.02. The summed E-state index contributed by atoms with van der Waals surface area (Å²) in [5, 5.41) is 9.87. The summed E-state index contributed by atoms with van der Waals surface area (Å²) in [6.07, 6.45) is 5.49. The number of Topliss-reactive ketones (excluding diaryl/α,β-unsaturated/α-hetero) is 2. The number of rotatable bonds is 1. The van der Waals surface area contributed by atoms with Crippen LogP contribution in [0.3, 0.4) is 0 Å². The maximum absolute atomic E-state index is 12.4. The molecule has 3 rings (SSSR count). The molecular weight excluding hydrogens is 248 g/mol. The van der Waals surface area contributed by atoms with Crippen molar-refractivity contribution < 1.29 is 24.2 Å². The number of aliphatic hydroxyl groups is 1. The van der Waals surface area contributed by atoms with E-state index in [-0.39, 0.29) is 23.2 Å². The molecule has 5 unspecified atom stereocenters. The molecule has 100 valence electrons. The van der Waals surface area contributed by atoms with Crippen LogP contribution in [0.25, 0.3) is 0 Å². The number of hydrogen-bond acceptors (Lipinski definition) is 5. The molecule has 5 atom stereocenters. The lowest BCUT2D eigenvalue weighted by molar-refractivity contribution is -0.171. The largest absolute Gasteiger partial charge is 0.461 e. The highest BCUT2D eigenvalue weighted by atomic mass is 16.6. The molecule has 0 bridgehead atoms. The van der Waals surface area contributed by atoms with Crippen LogP contribution in [0.2, 0.25) is 0 Å². The molecule has 0 radical (unpaired) electrons. The smallest absolute Gasteiger partial charge is 0.208 e. The van der Waals surface area contributed by atoms with Gasteiger partial charge in [-0.15, -0.1) is 0 Å². The van der Waals surface area contributed by atoms with Crippen LogP contribution in [0, 0.1) is 23.7 Å². The first-order valence-corrected chi connectivity index (χ1v) is 6.39. The second kappa shape index (κ2) is 4.42. The Balaban J connectivity index is 2.02. The topological polar surface area (TPSA) is 80.7 Å². The lowest BCUT2D eigenvalue weighted by Gasteiger charge is -2.41. The Kier molecular flexibility index (Phi) is 2.86. The number of aliphatic hydroxyl groups excluding tert-OH is 1. The number of hydrogen-bond donors (Lipinski definition) is 1. The van der Waals surface area contributed by atoms with Gasteiger partial charge in [-0.1, -0.05) is 12.2 Å². The molecule has 5 nitrogen and oxygen atoms in total. The highest BCUT2D eigenvalue weighted by Gasteiger charge is 2.53. The van der Waals surface area contributed by atoms with Crippen molar-refractivity contribution in [2.75, 3.05) is 0 Å². The second-order valence-electron chi connectivity index (χ2n) is 5.19. The molecule has 0 aromatic carbocycles. The van der Waals surface area contributed by atoms with Gasteiger partial charge in [0.1, 0.15) is 5.78 Å². The van der Waals surface area contributed by atoms with Gasteiger partial charge in [-0.05, 0) is 18.9 Å². The summed E-state index contributed by atoms with van der Waals surface area (Å²) in [6, 6.07) is 0. The van der Waals surface area contributed by atoms with Gasteiger partial charge in [0.05, 0.1) is 11.8 Å². The van der Waals surface area contributed by atoms with Gasteiger partial charge in [-0.3, -0.25) is 14.4 Å². The van der Waals surface area contributed by atoms with Crippen LogP contribution in [-0.4, -0.2) is 29.2 Å². The average Bonchev–Trinajstić information content (AvgIpc) is 2.44. The number of fused-ring (bicyclic) bond motifs is 2. The standard InChI is InChI=1S/C14H14O5/c15-6-7-5-10-11(14(18)19-7)13(17)9-4-2-1-3-8(9)12(10)16/h2,4-6,8-11,14,18H,1,3H2. The van der Waals surface area contributed by atoms with E-state index in [9.17, 15) is 19.5 Å². The van der Waals surface area contributed by atoms with Gasteiger partial charge in [-0.25, -0.2) is 0 Å². The van der Waals surface area contributed by atoms with Crippen LogP contribution < -0.4 is 0 Å². The first-order chi connectivity index (χ1) is 9.13. The summed E-state index contributed by atoms with van der Waals surface area (Å²) >= 11 is 0. The fraction of sp³-hybridized carbons (Fsp3) is 0.500. The van der Waals surface area contributed by atoms with Gasteiger partial charge in [0.2, 0.25) is 6.29 Å². The zero-order chi connectivity index (χ0) is 13.6. The van der Waals surface area contributed by atoms with Crippen molar-refractivity contribution in [1.82, 2.24) is 0 Å². The van der Waals surface area contributed by atoms with Crippen molar-refractivity contribution in [3.8, 4) is 0 Å². The molecule has 0 saturated heterocycles. The number of ketones is 2. The maximum Gasteiger partial charge on any atom is 0.208 e. The highest BCUT2D eigenvalue weighted by Crippen LogP contribution is 2.42. The first kappa shape index (κ1) is 12.3. The van der Waals surface area contributed by atoms with Crippen LogP contribution in [0.1, 0.15) is 12.8 Å². The lowest BCUT2D eigenvalue weighted by atomic mass is 9.63. The van der Waals surface area contributed by atoms with Crippen LogP contribution in [0.5, 0.6) is 0 Å². The van der Waals surface area contributed by atoms with Gasteiger partial charge in [0.25, 0.3) is 0 Å². The molecule has 1 N–H and O–H groups in total. The molecule has 0 aromatic heterocycles. The molecular formula is C14H14O5. The normalized spacial score (nSPS) is 40.9. The van der Waals surface area contributed by atoms with E-state index in [0.717, 1.165) is 6.42 Å². The third-order valence-corrected chi connectivity index (χ3v) is 4.18. The molecule has 1 saturated carbocycles. The van der Waals surface area contributed by atoms with Crippen LogP contribution in [-0.2, 0) is 19.1 Å². The van der Waals surface area contributed by atoms with Crippen molar-refractivity contribution in [2.45, 2.75) is 19.1 Å². The van der Waals surface area contributed by atoms with E-state index in [4.69, 9.17) is 4.74 Å². The Morgan fingerprint density at radius 1 is 1.26 bits per heavy atom. The molecule has 0 aromatic rings. The maximum atomic E-state index is 12.4. The Morgan fingerprint density at radius 2 is 2.05 bits per heavy atom. The number of allylic oxidation sites excluding steroid dienone is 4. The molecule has 0 spiro atoms. The second-order valence-corrected chi connectivity index (χ2v) is 5.19. The van der Waals surface area contributed by atoms with Gasteiger partial charge in [0.15, 0.2) is 17.8 Å². The Labute approximate surface area is 109 Å². The number of carbonyl (C=O) groups excluding carboxylic acids is 3. The summed E-state index contributed by atoms with van der Waals surface area (Å²) in [6.45, 7) is 0. The van der Waals surface area contributed by atoms with Crippen molar-refractivity contribution in [3.05, 3.63) is 24.0 Å². The fourth-order valence-corrected chi connectivity index (χ4v) is 3.27. The minimum absolute atomic E-state index is 0.0688. The predicted molar refractivity (Wildman–Crippen MR) is 63.6 cm³/mol. The van der Waals surface area contributed by atoms with E-state index in [1.165, 1.54) is 6.08 Å². The molecule has 1 aliphatic heterocycles. The van der Waals surface area contributed by atoms with Crippen molar-refractivity contribution in [1.29, 1.82) is 0 Å². The van der Waals surface area contributed by atoms with E-state index in [1.54, 1.807) is 6.08 Å². The molecule has 2 aliphatic carbocycles. The van der Waals surface area contributed by atoms with Gasteiger partial charge < -0.3 is 9.84 Å². The molecule has 5 heteroatoms. The SMILES string of the molecule is O=CC1=CC2C(=O)C3CCC=CC3C(=O)C2C(O)O1. The minimum atomic E-state index is -1.41. The number of ether oxygens (including phenoxy) is 1. The fourth-order valence-electron chi connectivity index (χ4n) is 3.27. The summed E-state index contributed by atoms with van der Waals surface area (Å²) in [5.74, 6) is -2.70. The molecule has 19 heavy (non-hydrogen) atoms. The van der Waals surface area contributed by atoms with Gasteiger partial charge in [-0.2, -0.15) is 0 Å². The molecule has 3 aliphatic rings. The summed E-state index contributed by atoms with van der Waals surface area (Å²) in [5.41, 5.74) is 0. The predicted octanol–water partition coefficient (Wildman–Crippen LogP) is 0.384. The summed E-state index contributed by atoms with van der Waals surface area (Å²) in [4.78, 5) is 35.6. The molecule has 1 heterocycles. The summed E-state index contributed by atoms with van der Waals surface area (Å²) in [7, 11) is 0. The molecule has 1 fully saturated rings. The number of carbonyl (C=O) groups is 3. The zero-order valence-corrected chi connectivity index (χ0v) is 10.2. The van der Waals surface area contributed by atoms with Crippen LogP contribution >= 0.6 is 0 Å². The monoisotopic (exact) mass is 262 g/mol. The zero-order valence-electron chi connectivity index (χ0n) is 10.2. The van der Waals surface area contributed by atoms with Crippen LogP contribution in [0.15, 0.2) is 24.0 Å². The van der Waals surface area contributed by atoms with Crippen molar-refractivity contribution >= 4 is 17.9 Å². The Bertz CT molecular complexity index is 504. The van der Waals surface area contributed by atoms with E-state index in [0.29, 0.717) is 12.7 Å². The van der Waals surface area contributed by atoms with E-state index in [1.807, 2.05) is 6.08 Å². The van der Waals surface area contributed by atoms with Gasteiger partial charge >= 0.3 is 0 Å². The Morgan fingerprint density at radius 3 is 2.79 bits per heavy atom. The number of aldehydes is 1. The van der Waals surface area contributed by atoms with E-state index >= 15 is 0 Å². The third kappa shape index (κ3) is 1.76. The molecule has 0 amide bonds. The summed E-state index contributed by atoms with van der Waals surface area (Å²) < 4.78 is 4.95. The first-order valence-electron chi connectivity index (χ1n) is 6.39. The van der Waals surface area contributed by atoms with Crippen molar-refractivity contribution in [3.63, 3.8) is 0 Å². The third-order valence-electron chi connectivity index (χ3n) is 4.18. The minimum Gasteiger partial charge on any atom is -0.461 e. The van der Waals surface area contributed by atoms with E-state index in [2.05, 4.69) is 0 Å². The van der Waals surface area contributed by atoms with E-state index < -0.39 is 24.0 Å². The van der Waals surface area contributed by atoms with Crippen molar-refractivity contribution in [2.24, 2.45) is 23.7 Å². The lowest BCUT2D eigenvalue weighted by Crippen LogP contribution is -2.53. The van der Waals surface area contributed by atoms with Crippen LogP contribution in [0.4, 0.5) is 0 Å². The van der Waals surface area contributed by atoms with Gasteiger partial charge in [0, 0.05) is 11.8 Å². The quantitative estimate of drug-likeness (QED) is 0.546.